The molecule has 0 aliphatic heterocycles. The molecule has 5 heteroatoms. The Morgan fingerprint density at radius 1 is 1.30 bits per heavy atom. The highest BCUT2D eigenvalue weighted by molar-refractivity contribution is 5.89. The van der Waals surface area contributed by atoms with E-state index in [1.54, 1.807) is 0 Å². The lowest BCUT2D eigenvalue weighted by Crippen LogP contribution is -2.09. The zero-order valence-electron chi connectivity index (χ0n) is 12.7. The molecule has 20 heavy (non-hydrogen) atoms. The maximum atomic E-state index is 9.89. The van der Waals surface area contributed by atoms with E-state index in [1.165, 1.54) is 6.33 Å². The summed E-state index contributed by atoms with van der Waals surface area (Å²) in [6, 6.07) is 0.306. The Bertz CT molecular complexity index is 583. The number of hydrogen-bond donors (Lipinski definition) is 2. The standard InChI is InChI=1S/C13H18N4O.C2H6/c1-7-3-9(4-10(7)18)17-5-8(2)11-12(14)15-6-16-13(11)17;1-2/h5-7,9-10,18H,3-4H2,1-2H3,(H2,14,15,16);1-2H3. The molecule has 3 rings (SSSR count). The second-order valence-electron chi connectivity index (χ2n) is 5.35. The van der Waals surface area contributed by atoms with Crippen LogP contribution < -0.4 is 5.73 Å². The fraction of sp³-hybridized carbons (Fsp3) is 0.600. The fourth-order valence-electron chi connectivity index (χ4n) is 3.00. The van der Waals surface area contributed by atoms with Crippen LogP contribution in [0.15, 0.2) is 12.5 Å². The van der Waals surface area contributed by atoms with E-state index in [0.29, 0.717) is 17.8 Å². The highest BCUT2D eigenvalue weighted by atomic mass is 16.3. The maximum absolute atomic E-state index is 9.89. The number of aliphatic hydroxyl groups excluding tert-OH is 1. The number of aromatic nitrogens is 3. The van der Waals surface area contributed by atoms with Crippen LogP contribution in [0, 0.1) is 12.8 Å². The molecule has 0 radical (unpaired) electrons. The van der Waals surface area contributed by atoms with Gasteiger partial charge in [-0.25, -0.2) is 9.97 Å². The van der Waals surface area contributed by atoms with Crippen molar-refractivity contribution < 1.29 is 5.11 Å². The number of nitrogens with two attached hydrogens (primary N) is 1. The van der Waals surface area contributed by atoms with Gasteiger partial charge in [0.05, 0.1) is 11.5 Å². The minimum Gasteiger partial charge on any atom is -0.393 e. The second-order valence-corrected chi connectivity index (χ2v) is 5.35. The number of rotatable bonds is 1. The van der Waals surface area contributed by atoms with Crippen molar-refractivity contribution in [1.29, 1.82) is 0 Å². The Kier molecular flexibility index (Phi) is 4.28. The molecule has 0 aromatic carbocycles. The quantitative estimate of drug-likeness (QED) is 0.839. The van der Waals surface area contributed by atoms with E-state index < -0.39 is 0 Å². The molecule has 3 N–H and O–H groups in total. The van der Waals surface area contributed by atoms with Crippen molar-refractivity contribution in [2.75, 3.05) is 5.73 Å². The van der Waals surface area contributed by atoms with Gasteiger partial charge in [-0.05, 0) is 31.2 Å². The van der Waals surface area contributed by atoms with E-state index >= 15 is 0 Å². The molecule has 2 aromatic heterocycles. The van der Waals surface area contributed by atoms with Crippen molar-refractivity contribution in [3.8, 4) is 0 Å². The third-order valence-corrected chi connectivity index (χ3v) is 4.04. The molecular weight excluding hydrogens is 252 g/mol. The van der Waals surface area contributed by atoms with Crippen LogP contribution in [-0.2, 0) is 0 Å². The van der Waals surface area contributed by atoms with Crippen LogP contribution >= 0.6 is 0 Å². The van der Waals surface area contributed by atoms with Gasteiger partial charge in [0.15, 0.2) is 0 Å². The monoisotopic (exact) mass is 276 g/mol. The van der Waals surface area contributed by atoms with E-state index in [1.807, 2.05) is 20.8 Å². The number of aryl methyl sites for hydroxylation is 1. The Morgan fingerprint density at radius 3 is 2.60 bits per heavy atom. The SMILES string of the molecule is CC.Cc1cn(C2CC(C)C(O)C2)c2ncnc(N)c12. The minimum absolute atomic E-state index is 0.216. The van der Waals surface area contributed by atoms with Gasteiger partial charge in [0.1, 0.15) is 17.8 Å². The maximum Gasteiger partial charge on any atom is 0.145 e. The van der Waals surface area contributed by atoms with Crippen LogP contribution in [0.4, 0.5) is 5.82 Å². The molecule has 1 aliphatic rings. The highest BCUT2D eigenvalue weighted by Crippen LogP contribution is 2.37. The molecule has 0 spiro atoms. The number of aliphatic hydroxyl groups is 1. The zero-order chi connectivity index (χ0) is 14.9. The van der Waals surface area contributed by atoms with Gasteiger partial charge >= 0.3 is 0 Å². The van der Waals surface area contributed by atoms with E-state index in [-0.39, 0.29) is 6.10 Å². The van der Waals surface area contributed by atoms with Gasteiger partial charge < -0.3 is 15.4 Å². The van der Waals surface area contributed by atoms with Crippen LogP contribution in [-0.4, -0.2) is 25.7 Å². The molecule has 1 saturated carbocycles. The largest absolute Gasteiger partial charge is 0.393 e. The smallest absolute Gasteiger partial charge is 0.145 e. The average Bonchev–Trinajstić information content (AvgIpc) is 2.94. The fourth-order valence-corrected chi connectivity index (χ4v) is 3.00. The summed E-state index contributed by atoms with van der Waals surface area (Å²) in [4.78, 5) is 8.39. The molecule has 0 bridgehead atoms. The van der Waals surface area contributed by atoms with Gasteiger partial charge in [-0.1, -0.05) is 20.8 Å². The molecule has 0 saturated heterocycles. The Labute approximate surface area is 119 Å². The van der Waals surface area contributed by atoms with Crippen molar-refractivity contribution in [3.63, 3.8) is 0 Å². The van der Waals surface area contributed by atoms with E-state index in [2.05, 4.69) is 27.7 Å². The van der Waals surface area contributed by atoms with Crippen molar-refractivity contribution in [2.45, 2.75) is 52.7 Å². The molecule has 1 aliphatic carbocycles. The molecule has 110 valence electrons. The van der Waals surface area contributed by atoms with Gasteiger partial charge in [0, 0.05) is 12.2 Å². The van der Waals surface area contributed by atoms with E-state index in [0.717, 1.165) is 29.4 Å². The van der Waals surface area contributed by atoms with Gasteiger partial charge in [0.25, 0.3) is 0 Å². The summed E-state index contributed by atoms with van der Waals surface area (Å²) >= 11 is 0. The summed E-state index contributed by atoms with van der Waals surface area (Å²) in [6.07, 6.45) is 5.13. The lowest BCUT2D eigenvalue weighted by Gasteiger charge is -2.12. The van der Waals surface area contributed by atoms with Crippen molar-refractivity contribution in [2.24, 2.45) is 5.92 Å². The predicted octanol–water partition coefficient (Wildman–Crippen LogP) is 2.68. The average molecular weight is 276 g/mol. The lowest BCUT2D eigenvalue weighted by molar-refractivity contribution is 0.139. The first kappa shape index (κ1) is 14.8. The summed E-state index contributed by atoms with van der Waals surface area (Å²) in [7, 11) is 0. The second kappa shape index (κ2) is 5.79. The van der Waals surface area contributed by atoms with Crippen LogP contribution in [0.2, 0.25) is 0 Å². The van der Waals surface area contributed by atoms with Gasteiger partial charge in [-0.15, -0.1) is 0 Å². The summed E-state index contributed by atoms with van der Waals surface area (Å²) in [5.41, 5.74) is 7.89. The Hall–Kier alpha value is -1.62. The van der Waals surface area contributed by atoms with Gasteiger partial charge in [-0.2, -0.15) is 0 Å². The summed E-state index contributed by atoms with van der Waals surface area (Å²) in [5, 5.41) is 10.8. The first-order chi connectivity index (χ1) is 9.58. The van der Waals surface area contributed by atoms with Crippen LogP contribution in [0.1, 0.15) is 45.2 Å². The van der Waals surface area contributed by atoms with E-state index in [9.17, 15) is 5.11 Å². The molecule has 0 amide bonds. The first-order valence-electron chi connectivity index (χ1n) is 7.33. The van der Waals surface area contributed by atoms with Crippen LogP contribution in [0.5, 0.6) is 0 Å². The molecule has 2 aromatic rings. The normalized spacial score (nSPS) is 25.6. The van der Waals surface area contributed by atoms with Crippen molar-refractivity contribution in [1.82, 2.24) is 14.5 Å². The van der Waals surface area contributed by atoms with Crippen molar-refractivity contribution >= 4 is 16.9 Å². The number of nitrogen functional groups attached to an aromatic ring is 1. The number of anilines is 1. The molecule has 5 nitrogen and oxygen atoms in total. The Balaban J connectivity index is 0.000000704. The highest BCUT2D eigenvalue weighted by Gasteiger charge is 2.32. The molecule has 2 heterocycles. The molecule has 3 atom stereocenters. The molecule has 3 unspecified atom stereocenters. The topological polar surface area (TPSA) is 77.0 Å². The first-order valence-corrected chi connectivity index (χ1v) is 7.33. The van der Waals surface area contributed by atoms with Gasteiger partial charge in [0.2, 0.25) is 0 Å². The van der Waals surface area contributed by atoms with Gasteiger partial charge in [-0.3, -0.25) is 0 Å². The minimum atomic E-state index is -0.216. The molecular formula is C15H24N4O. The third kappa shape index (κ3) is 2.38. The summed E-state index contributed by atoms with van der Waals surface area (Å²) < 4.78 is 2.15. The lowest BCUT2D eigenvalue weighted by atomic mass is 10.1. The summed E-state index contributed by atoms with van der Waals surface area (Å²) in [6.45, 7) is 8.11. The number of hydrogen-bond acceptors (Lipinski definition) is 4. The zero-order valence-corrected chi connectivity index (χ0v) is 12.7. The van der Waals surface area contributed by atoms with Crippen LogP contribution in [0.3, 0.4) is 0 Å². The number of fused-ring (bicyclic) bond motifs is 1. The van der Waals surface area contributed by atoms with Crippen molar-refractivity contribution in [3.05, 3.63) is 18.1 Å². The van der Waals surface area contributed by atoms with E-state index in [4.69, 9.17) is 5.73 Å². The molecule has 1 fully saturated rings. The van der Waals surface area contributed by atoms with Crippen LogP contribution in [0.25, 0.3) is 11.0 Å². The summed E-state index contributed by atoms with van der Waals surface area (Å²) in [5.74, 6) is 0.870. The Morgan fingerprint density at radius 2 is 2.00 bits per heavy atom. The predicted molar refractivity (Wildman–Crippen MR) is 81.5 cm³/mol. The number of nitrogens with zero attached hydrogens (tertiary/aromatic N) is 3. The third-order valence-electron chi connectivity index (χ3n) is 4.04.